The number of carbonyl (C=O) groups excluding carboxylic acids is 8. The van der Waals surface area contributed by atoms with Gasteiger partial charge in [0, 0.05) is 48.3 Å². The number of thiophene rings is 3. The molecule has 3 aromatic rings. The van der Waals surface area contributed by atoms with E-state index < -0.39 is 71.0 Å². The van der Waals surface area contributed by atoms with E-state index in [0.29, 0.717) is 38.1 Å². The van der Waals surface area contributed by atoms with Gasteiger partial charge in [0.15, 0.2) is 11.2 Å². The molecule has 2 saturated carbocycles. The first-order valence-electron chi connectivity index (χ1n) is 14.1. The zero-order valence-electron chi connectivity index (χ0n) is 27.1. The second kappa shape index (κ2) is 18.8. The second-order valence-corrected chi connectivity index (χ2v) is 18.2. The van der Waals surface area contributed by atoms with Crippen molar-refractivity contribution in [3.63, 3.8) is 0 Å². The number of ketones is 5. The van der Waals surface area contributed by atoms with E-state index in [2.05, 4.69) is 47.8 Å². The molecule has 0 bridgehead atoms. The van der Waals surface area contributed by atoms with Gasteiger partial charge in [-0.3, -0.25) is 38.4 Å². The number of rotatable bonds is 8. The van der Waals surface area contributed by atoms with Crippen LogP contribution in [-0.4, -0.2) is 56.9 Å². The Kier molecular flexibility index (Phi) is 16.7. The molecule has 0 saturated heterocycles. The van der Waals surface area contributed by atoms with Gasteiger partial charge >= 0.3 is 29.6 Å². The van der Waals surface area contributed by atoms with E-state index in [1.807, 2.05) is 0 Å². The maximum absolute atomic E-state index is 13.0. The van der Waals surface area contributed by atoms with Gasteiger partial charge in [-0.2, -0.15) is 0 Å². The minimum Gasteiger partial charge on any atom is -1.00 e. The van der Waals surface area contributed by atoms with Crippen LogP contribution in [0.15, 0.2) is 47.8 Å². The molecule has 2 aliphatic rings. The molecule has 2 aliphatic carbocycles. The van der Waals surface area contributed by atoms with Gasteiger partial charge in [0.1, 0.15) is 23.1 Å². The van der Waals surface area contributed by atoms with E-state index in [0.717, 1.165) is 26.5 Å². The van der Waals surface area contributed by atoms with Gasteiger partial charge in [-0.25, -0.2) is 0 Å². The van der Waals surface area contributed by atoms with E-state index in [1.165, 1.54) is 23.5 Å². The van der Waals surface area contributed by atoms with E-state index in [1.54, 1.807) is 24.3 Å². The first-order valence-corrected chi connectivity index (χ1v) is 18.9. The van der Waals surface area contributed by atoms with Gasteiger partial charge in [0.05, 0.1) is 28.1 Å². The van der Waals surface area contributed by atoms with Gasteiger partial charge in [0.2, 0.25) is 0 Å². The van der Waals surface area contributed by atoms with Gasteiger partial charge in [0.25, 0.3) is 23.5 Å². The van der Waals surface area contributed by atoms with Crippen molar-refractivity contribution >= 4 is 128 Å². The Balaban J connectivity index is 0.000000506. The molecule has 264 valence electrons. The standard InChI is InChI=1S/C18H16Br2N2O6S2.C6H4BrNO2S.C6H8O2.Na.H/c19-13-3-1-11(29-13)17(27,15(21)25)7-5-10(24)8(6-9(7)23)18(28,16(22)26)12-2-4-14(20)30-12;7-4-2-1-3(11-4)5(9)6(8)10;7-5-1-2-6(8)4-3-5;;/h1-4,7-8,27-28H,5-6H2,(H2,21,25)(H2,22,26);1-2H,(H2,8,10);1-4H2;;/q;;;+1;-1. The fraction of sp³-hybridized carbons (Fsp3) is 0.333. The zero-order chi connectivity index (χ0) is 36.8. The average Bonchev–Trinajstić information content (AvgIpc) is 3.80. The van der Waals surface area contributed by atoms with E-state index in [9.17, 15) is 48.6 Å². The van der Waals surface area contributed by atoms with Gasteiger partial charge in [-0.1, -0.05) is 0 Å². The molecular formula is C30H29Br3N3NaO10S3. The van der Waals surface area contributed by atoms with Crippen molar-refractivity contribution in [3.8, 4) is 0 Å². The van der Waals surface area contributed by atoms with Crippen LogP contribution in [0.4, 0.5) is 0 Å². The summed E-state index contributed by atoms with van der Waals surface area (Å²) in [5.41, 5.74) is 10.8. The maximum atomic E-state index is 13.0. The summed E-state index contributed by atoms with van der Waals surface area (Å²) in [4.78, 5) is 93.1. The summed E-state index contributed by atoms with van der Waals surface area (Å²) in [5, 5.41) is 22.2. The summed E-state index contributed by atoms with van der Waals surface area (Å²) in [7, 11) is 0. The van der Waals surface area contributed by atoms with Gasteiger partial charge in [-0.15, -0.1) is 34.0 Å². The fourth-order valence-electron chi connectivity index (χ4n) is 5.01. The van der Waals surface area contributed by atoms with Gasteiger partial charge < -0.3 is 28.8 Å². The number of halogens is 3. The van der Waals surface area contributed by atoms with E-state index in [4.69, 9.17) is 17.2 Å². The number of primary amides is 3. The Hall–Kier alpha value is -1.78. The number of hydrogen-bond acceptors (Lipinski definition) is 13. The molecule has 4 atom stereocenters. The topological polar surface area (TPSA) is 255 Å². The Morgan fingerprint density at radius 1 is 0.640 bits per heavy atom. The third kappa shape index (κ3) is 10.4. The molecule has 13 nitrogen and oxygen atoms in total. The predicted molar refractivity (Wildman–Crippen MR) is 192 cm³/mol. The zero-order valence-corrected chi connectivity index (χ0v) is 35.3. The summed E-state index contributed by atoms with van der Waals surface area (Å²) in [6.07, 6.45) is 0.774. The quantitative estimate of drug-likeness (QED) is 0.119. The molecule has 50 heavy (non-hydrogen) atoms. The number of amides is 3. The van der Waals surface area contributed by atoms with Crippen LogP contribution in [0.25, 0.3) is 0 Å². The molecule has 5 rings (SSSR count). The van der Waals surface area contributed by atoms with E-state index in [-0.39, 0.29) is 52.3 Å². The molecule has 0 aromatic carbocycles. The van der Waals surface area contributed by atoms with Crippen LogP contribution < -0.4 is 46.8 Å². The Morgan fingerprint density at radius 2 is 0.980 bits per heavy atom. The van der Waals surface area contributed by atoms with E-state index >= 15 is 0 Å². The normalized spacial score (nSPS) is 19.7. The third-order valence-corrected chi connectivity index (χ3v) is 12.8. The van der Waals surface area contributed by atoms with Crippen LogP contribution in [0.1, 0.15) is 59.4 Å². The smallest absolute Gasteiger partial charge is 1.00 e. The van der Waals surface area contributed by atoms with Crippen LogP contribution in [0, 0.1) is 11.8 Å². The molecule has 3 amide bonds. The third-order valence-electron chi connectivity index (χ3n) is 7.63. The summed E-state index contributed by atoms with van der Waals surface area (Å²) in [6, 6.07) is 9.28. The first kappa shape index (κ1) is 44.4. The predicted octanol–water partition coefficient (Wildman–Crippen LogP) is 0.539. The average molecular weight is 950 g/mol. The fourth-order valence-corrected chi connectivity index (χ4v) is 9.41. The molecule has 0 radical (unpaired) electrons. The minimum absolute atomic E-state index is 0. The van der Waals surface area contributed by atoms with Crippen molar-refractivity contribution in [1.29, 1.82) is 0 Å². The molecule has 3 aromatic heterocycles. The number of carbonyl (C=O) groups is 8. The molecule has 0 spiro atoms. The molecular weight excluding hydrogens is 921 g/mol. The number of hydrogen-bond donors (Lipinski definition) is 5. The SMILES string of the molecule is NC(=O)C(=O)c1ccc(Br)s1.NC(=O)C(O)(c1ccc(Br)s1)C1CC(=O)C(C(O)(C(N)=O)c2ccc(Br)s2)CC1=O.O=C1CCC(=O)CC1.[H-].[Na+]. The maximum Gasteiger partial charge on any atom is 1.00 e. The Labute approximate surface area is 345 Å². The number of Topliss-reactive ketones (excluding diaryl/α,β-unsaturated/α-hetero) is 5. The van der Waals surface area contributed by atoms with Crippen LogP contribution in [0.3, 0.4) is 0 Å². The summed E-state index contributed by atoms with van der Waals surface area (Å²) in [6.45, 7) is 0. The summed E-state index contributed by atoms with van der Waals surface area (Å²) >= 11 is 12.8. The molecule has 20 heteroatoms. The van der Waals surface area contributed by atoms with Crippen LogP contribution >= 0.6 is 81.8 Å². The Morgan fingerprint density at radius 3 is 1.24 bits per heavy atom. The number of aliphatic hydroxyl groups is 2. The van der Waals surface area contributed by atoms with Crippen molar-refractivity contribution in [2.45, 2.75) is 49.7 Å². The Bertz CT molecular complexity index is 1730. The minimum atomic E-state index is -2.40. The van der Waals surface area contributed by atoms with Gasteiger partial charge in [-0.05, 0) is 84.2 Å². The summed E-state index contributed by atoms with van der Waals surface area (Å²) < 4.78 is 1.99. The second-order valence-electron chi connectivity index (χ2n) is 10.8. The monoisotopic (exact) mass is 947 g/mol. The van der Waals surface area contributed by atoms with Crippen molar-refractivity contribution < 1.29 is 79.6 Å². The first-order chi connectivity index (χ1) is 22.8. The van der Waals surface area contributed by atoms with Crippen LogP contribution in [-0.2, 0) is 44.8 Å². The molecule has 0 aliphatic heterocycles. The van der Waals surface area contributed by atoms with Crippen LogP contribution in [0.2, 0.25) is 0 Å². The largest absolute Gasteiger partial charge is 1.00 e. The van der Waals surface area contributed by atoms with Crippen LogP contribution in [0.5, 0.6) is 0 Å². The molecule has 4 unspecified atom stereocenters. The molecule has 3 heterocycles. The molecule has 8 N–H and O–H groups in total. The van der Waals surface area contributed by atoms with Crippen molar-refractivity contribution in [2.24, 2.45) is 29.0 Å². The molecule has 2 fully saturated rings. The summed E-state index contributed by atoms with van der Waals surface area (Å²) in [5.74, 6) is -7.67. The van der Waals surface area contributed by atoms with Crippen molar-refractivity contribution in [2.75, 3.05) is 0 Å². The van der Waals surface area contributed by atoms with Crippen molar-refractivity contribution in [1.82, 2.24) is 0 Å². The number of nitrogens with two attached hydrogens (primary N) is 3. The van der Waals surface area contributed by atoms with Crippen molar-refractivity contribution in [3.05, 3.63) is 62.4 Å².